The van der Waals surface area contributed by atoms with Gasteiger partial charge in [-0.15, -0.1) is 0 Å². The number of para-hydroxylation sites is 1. The molecule has 0 amide bonds. The summed E-state index contributed by atoms with van der Waals surface area (Å²) in [5.74, 6) is 0.726. The van der Waals surface area contributed by atoms with Crippen LogP contribution in [0.5, 0.6) is 5.75 Å². The van der Waals surface area contributed by atoms with Gasteiger partial charge >= 0.3 is 0 Å². The third kappa shape index (κ3) is 3.35. The summed E-state index contributed by atoms with van der Waals surface area (Å²) in [6.07, 6.45) is 2.81. The molecule has 0 aliphatic carbocycles. The first-order chi connectivity index (χ1) is 8.90. The van der Waals surface area contributed by atoms with Gasteiger partial charge in [0.1, 0.15) is 18.6 Å². The van der Waals surface area contributed by atoms with E-state index in [9.17, 15) is 0 Å². The lowest BCUT2D eigenvalue weighted by Gasteiger charge is -2.02. The van der Waals surface area contributed by atoms with Gasteiger partial charge in [-0.3, -0.25) is 0 Å². The van der Waals surface area contributed by atoms with Crippen molar-refractivity contribution < 1.29 is 9.57 Å². The van der Waals surface area contributed by atoms with Gasteiger partial charge in [-0.05, 0) is 17.7 Å². The number of ether oxygens (including phenoxy) is 1. The number of benzene rings is 2. The molecule has 18 heavy (non-hydrogen) atoms. The molecular weight excluding hydrogens is 226 g/mol. The Morgan fingerprint density at radius 1 is 1.00 bits per heavy atom. The maximum absolute atomic E-state index is 5.18. The fourth-order valence-electron chi connectivity index (χ4n) is 1.50. The smallest absolute Gasteiger partial charge is 0.143 e. The molecule has 0 N–H and O–H groups in total. The van der Waals surface area contributed by atoms with Crippen molar-refractivity contribution in [3.05, 3.63) is 65.7 Å². The molecule has 2 aromatic carbocycles. The third-order valence-electron chi connectivity index (χ3n) is 2.41. The van der Waals surface area contributed by atoms with Gasteiger partial charge in [0.15, 0.2) is 0 Å². The molecule has 3 nitrogen and oxygen atoms in total. The van der Waals surface area contributed by atoms with E-state index in [2.05, 4.69) is 11.4 Å². The molecule has 0 heterocycles. The van der Waals surface area contributed by atoms with Crippen LogP contribution in [0.1, 0.15) is 11.1 Å². The Balaban J connectivity index is 1.92. The summed E-state index contributed by atoms with van der Waals surface area (Å²) < 4.78 is 5.18. The van der Waals surface area contributed by atoms with Gasteiger partial charge in [-0.25, -0.2) is 0 Å². The highest BCUT2D eigenvalue weighted by atomic mass is 16.6. The molecule has 2 rings (SSSR count). The van der Waals surface area contributed by atoms with Gasteiger partial charge in [0.2, 0.25) is 0 Å². The molecule has 2 aromatic rings. The summed E-state index contributed by atoms with van der Waals surface area (Å²) in [5.41, 5.74) is 1.84. The fraction of sp³-hybridized carbons (Fsp3) is 0.133. The highest BCUT2D eigenvalue weighted by Crippen LogP contribution is 2.14. The van der Waals surface area contributed by atoms with E-state index >= 15 is 0 Å². The first-order valence-electron chi connectivity index (χ1n) is 5.65. The minimum absolute atomic E-state index is 0.434. The van der Waals surface area contributed by atoms with Crippen molar-refractivity contribution in [3.63, 3.8) is 0 Å². The summed E-state index contributed by atoms with van der Waals surface area (Å²) in [7, 11) is 1.62. The highest BCUT2D eigenvalue weighted by Gasteiger charge is 1.98. The summed E-state index contributed by atoms with van der Waals surface area (Å²) in [6.45, 7) is 0.434. The van der Waals surface area contributed by atoms with Gasteiger partial charge in [0.05, 0.1) is 7.11 Å². The standard InChI is InChI=1S/C15H14NO2/c1-17-15-10-6-5-9-14(15)11-16-18-12-13-7-3-2-4-8-13/h2-10H,12H2,1H3. The normalized spacial score (nSPS) is 10.5. The van der Waals surface area contributed by atoms with Gasteiger partial charge < -0.3 is 9.57 Å². The molecule has 3 heteroatoms. The van der Waals surface area contributed by atoms with E-state index in [-0.39, 0.29) is 0 Å². The fourth-order valence-corrected chi connectivity index (χ4v) is 1.50. The number of methoxy groups -OCH3 is 1. The summed E-state index contributed by atoms with van der Waals surface area (Å²) in [4.78, 5) is 5.18. The molecule has 91 valence electrons. The van der Waals surface area contributed by atoms with Gasteiger partial charge in [-0.1, -0.05) is 47.6 Å². The zero-order valence-corrected chi connectivity index (χ0v) is 10.2. The molecule has 0 aliphatic rings. The Labute approximate surface area is 107 Å². The topological polar surface area (TPSA) is 30.8 Å². The average Bonchev–Trinajstić information content (AvgIpc) is 2.45. The predicted octanol–water partition coefficient (Wildman–Crippen LogP) is 3.12. The molecule has 0 unspecified atom stereocenters. The molecule has 0 spiro atoms. The summed E-state index contributed by atoms with van der Waals surface area (Å²) >= 11 is 0. The van der Waals surface area contributed by atoms with Gasteiger partial charge in [0.25, 0.3) is 0 Å². The molecule has 0 saturated heterocycles. The molecule has 0 bridgehead atoms. The van der Waals surface area contributed by atoms with Crippen molar-refractivity contribution in [2.45, 2.75) is 6.61 Å². The maximum Gasteiger partial charge on any atom is 0.143 e. The zero-order chi connectivity index (χ0) is 12.6. The second-order valence-electron chi connectivity index (χ2n) is 3.66. The van der Waals surface area contributed by atoms with E-state index in [0.29, 0.717) is 6.61 Å². The van der Waals surface area contributed by atoms with Crippen LogP contribution in [0, 0.1) is 0 Å². The minimum Gasteiger partial charge on any atom is -0.496 e. The lowest BCUT2D eigenvalue weighted by atomic mass is 10.2. The molecule has 0 saturated carbocycles. The van der Waals surface area contributed by atoms with Crippen LogP contribution >= 0.6 is 0 Å². The van der Waals surface area contributed by atoms with E-state index in [1.807, 2.05) is 54.6 Å². The van der Waals surface area contributed by atoms with Crippen LogP contribution < -0.4 is 4.74 Å². The predicted molar refractivity (Wildman–Crippen MR) is 70.8 cm³/mol. The lowest BCUT2D eigenvalue weighted by Crippen LogP contribution is -1.91. The van der Waals surface area contributed by atoms with Crippen LogP contribution in [0.2, 0.25) is 0 Å². The molecule has 0 fully saturated rings. The number of hydrogen-bond acceptors (Lipinski definition) is 3. The van der Waals surface area contributed by atoms with Crippen LogP contribution in [0.25, 0.3) is 0 Å². The highest BCUT2D eigenvalue weighted by molar-refractivity contribution is 5.82. The number of rotatable bonds is 5. The van der Waals surface area contributed by atoms with Crippen molar-refractivity contribution in [2.24, 2.45) is 5.16 Å². The van der Waals surface area contributed by atoms with Crippen molar-refractivity contribution in [2.75, 3.05) is 7.11 Å². The lowest BCUT2D eigenvalue weighted by molar-refractivity contribution is 0.132. The van der Waals surface area contributed by atoms with Crippen molar-refractivity contribution >= 4 is 6.21 Å². The molecule has 1 radical (unpaired) electrons. The van der Waals surface area contributed by atoms with Crippen LogP contribution in [0.4, 0.5) is 0 Å². The quantitative estimate of drug-likeness (QED) is 0.594. The van der Waals surface area contributed by atoms with Crippen molar-refractivity contribution in [3.8, 4) is 5.75 Å². The number of nitrogens with zero attached hydrogens (tertiary/aromatic N) is 1. The van der Waals surface area contributed by atoms with E-state index < -0.39 is 0 Å². The Morgan fingerprint density at radius 2 is 1.72 bits per heavy atom. The minimum atomic E-state index is 0.434. The van der Waals surface area contributed by atoms with Crippen LogP contribution in [-0.2, 0) is 11.4 Å². The SMILES string of the molecule is COc1ccccc1/[C]=N\OCc1ccccc1. The monoisotopic (exact) mass is 240 g/mol. The molecule has 0 aromatic heterocycles. The Hall–Kier alpha value is -2.29. The maximum atomic E-state index is 5.18. The van der Waals surface area contributed by atoms with Crippen molar-refractivity contribution in [1.82, 2.24) is 0 Å². The van der Waals surface area contributed by atoms with E-state index in [1.165, 1.54) is 0 Å². The molecular formula is C15H14NO2. The van der Waals surface area contributed by atoms with Crippen molar-refractivity contribution in [1.29, 1.82) is 0 Å². The molecule has 0 atom stereocenters. The number of hydrogen-bond donors (Lipinski definition) is 0. The van der Waals surface area contributed by atoms with E-state index in [1.54, 1.807) is 7.11 Å². The zero-order valence-electron chi connectivity index (χ0n) is 10.2. The van der Waals surface area contributed by atoms with Crippen LogP contribution in [0.3, 0.4) is 0 Å². The average molecular weight is 240 g/mol. The second-order valence-corrected chi connectivity index (χ2v) is 3.66. The van der Waals surface area contributed by atoms with Gasteiger partial charge in [0, 0.05) is 5.56 Å². The van der Waals surface area contributed by atoms with Crippen LogP contribution in [-0.4, -0.2) is 13.3 Å². The van der Waals surface area contributed by atoms with Gasteiger partial charge in [-0.2, -0.15) is 0 Å². The summed E-state index contributed by atoms with van der Waals surface area (Å²) in [6, 6.07) is 17.4. The first-order valence-corrected chi connectivity index (χ1v) is 5.65. The second kappa shape index (κ2) is 6.45. The summed E-state index contributed by atoms with van der Waals surface area (Å²) in [5, 5.41) is 3.82. The Morgan fingerprint density at radius 3 is 2.50 bits per heavy atom. The van der Waals surface area contributed by atoms with E-state index in [0.717, 1.165) is 16.9 Å². The molecule has 0 aliphatic heterocycles. The third-order valence-corrected chi connectivity index (χ3v) is 2.41. The first kappa shape index (κ1) is 12.2. The Bertz CT molecular complexity index is 509. The van der Waals surface area contributed by atoms with E-state index in [4.69, 9.17) is 9.57 Å². The van der Waals surface area contributed by atoms with Crippen LogP contribution in [0.15, 0.2) is 59.8 Å². The Kier molecular flexibility index (Phi) is 4.36. The largest absolute Gasteiger partial charge is 0.496 e.